The van der Waals surface area contributed by atoms with Crippen LogP contribution in [0.3, 0.4) is 0 Å². The number of carbonyl (C=O) groups excluding carboxylic acids is 4. The summed E-state index contributed by atoms with van der Waals surface area (Å²) in [5.41, 5.74) is -0.950. The molecule has 0 saturated carbocycles. The zero-order valence-corrected chi connectivity index (χ0v) is 14.6. The number of halogens is 2. The maximum absolute atomic E-state index is 14.8. The summed E-state index contributed by atoms with van der Waals surface area (Å²) in [6, 6.07) is 0.164. The van der Waals surface area contributed by atoms with E-state index in [0.29, 0.717) is 18.0 Å². The Morgan fingerprint density at radius 1 is 1.07 bits per heavy atom. The number of rotatable bonds is 2. The molecule has 1 aromatic rings. The van der Waals surface area contributed by atoms with E-state index in [1.54, 1.807) is 4.90 Å². The topological polar surface area (TPSA) is 98.8 Å². The third kappa shape index (κ3) is 2.24. The first-order valence-electron chi connectivity index (χ1n) is 9.10. The van der Waals surface area contributed by atoms with Gasteiger partial charge < -0.3 is 10.2 Å². The number of hydrogen-bond acceptors (Lipinski definition) is 6. The number of hydrogen-bond donors (Lipinski definition) is 2. The van der Waals surface area contributed by atoms with E-state index < -0.39 is 46.9 Å². The van der Waals surface area contributed by atoms with Crippen LogP contribution in [0.15, 0.2) is 6.07 Å². The lowest BCUT2D eigenvalue weighted by atomic mass is 10.0. The van der Waals surface area contributed by atoms with Crippen LogP contribution >= 0.6 is 0 Å². The van der Waals surface area contributed by atoms with Gasteiger partial charge in [-0.15, -0.1) is 0 Å². The Morgan fingerprint density at radius 3 is 2.50 bits per heavy atom. The molecule has 0 aliphatic carbocycles. The lowest BCUT2D eigenvalue weighted by Crippen LogP contribution is -2.54. The second-order valence-electron chi connectivity index (χ2n) is 7.54. The molecule has 0 radical (unpaired) electrons. The van der Waals surface area contributed by atoms with E-state index in [2.05, 4.69) is 10.6 Å². The van der Waals surface area contributed by atoms with Crippen molar-refractivity contribution in [2.24, 2.45) is 0 Å². The SMILES string of the molecule is O=C1CCC(N2C(=O)c3cc(N4CC5CC4CN5)c(F)c(F)c3C2=O)C(=O)N1. The van der Waals surface area contributed by atoms with Gasteiger partial charge in [0.2, 0.25) is 11.8 Å². The molecule has 3 unspecified atom stereocenters. The minimum Gasteiger partial charge on any atom is -0.363 e. The van der Waals surface area contributed by atoms with Gasteiger partial charge in [0.1, 0.15) is 6.04 Å². The monoisotopic (exact) mass is 390 g/mol. The molecular formula is C18H16F2N4O4. The Balaban J connectivity index is 1.54. The predicted molar refractivity (Wildman–Crippen MR) is 90.6 cm³/mol. The molecule has 146 valence electrons. The fraction of sp³-hybridized carbons (Fsp3) is 0.444. The van der Waals surface area contributed by atoms with Gasteiger partial charge in [0.25, 0.3) is 11.8 Å². The molecule has 4 amide bonds. The number of carbonyl (C=O) groups is 4. The van der Waals surface area contributed by atoms with Crippen molar-refractivity contribution in [3.05, 3.63) is 28.8 Å². The Hall–Kier alpha value is -2.88. The molecule has 2 N–H and O–H groups in total. The van der Waals surface area contributed by atoms with Crippen molar-refractivity contribution in [1.82, 2.24) is 15.5 Å². The van der Waals surface area contributed by atoms with Crippen molar-refractivity contribution >= 4 is 29.3 Å². The highest BCUT2D eigenvalue weighted by Crippen LogP contribution is 2.38. The molecular weight excluding hydrogens is 374 g/mol. The number of amides is 4. The van der Waals surface area contributed by atoms with Crippen LogP contribution in [0.25, 0.3) is 0 Å². The minimum atomic E-state index is -1.38. The molecule has 28 heavy (non-hydrogen) atoms. The highest BCUT2D eigenvalue weighted by atomic mass is 19.2. The number of nitrogens with zero attached hydrogens (tertiary/aromatic N) is 2. The first kappa shape index (κ1) is 17.2. The maximum atomic E-state index is 14.8. The molecule has 4 heterocycles. The van der Waals surface area contributed by atoms with Gasteiger partial charge >= 0.3 is 0 Å². The normalized spacial score (nSPS) is 29.0. The van der Waals surface area contributed by atoms with Crippen LogP contribution < -0.4 is 15.5 Å². The van der Waals surface area contributed by atoms with Crippen molar-refractivity contribution in [2.45, 2.75) is 37.4 Å². The molecule has 8 nitrogen and oxygen atoms in total. The van der Waals surface area contributed by atoms with Crippen LogP contribution in [-0.2, 0) is 9.59 Å². The van der Waals surface area contributed by atoms with Gasteiger partial charge in [-0.25, -0.2) is 8.78 Å². The predicted octanol–water partition coefficient (Wildman–Crippen LogP) is -0.0835. The van der Waals surface area contributed by atoms with Gasteiger partial charge in [0.15, 0.2) is 11.6 Å². The Labute approximate surface area is 157 Å². The summed E-state index contributed by atoms with van der Waals surface area (Å²) in [5, 5.41) is 5.32. The van der Waals surface area contributed by atoms with E-state index in [1.807, 2.05) is 0 Å². The van der Waals surface area contributed by atoms with Crippen LogP contribution in [0, 0.1) is 11.6 Å². The van der Waals surface area contributed by atoms with Gasteiger partial charge in [0, 0.05) is 31.6 Å². The summed E-state index contributed by atoms with van der Waals surface area (Å²) in [5.74, 6) is -5.75. The van der Waals surface area contributed by atoms with Crippen molar-refractivity contribution in [3.63, 3.8) is 0 Å². The maximum Gasteiger partial charge on any atom is 0.265 e. The zero-order chi connectivity index (χ0) is 19.7. The third-order valence-corrected chi connectivity index (χ3v) is 5.96. The number of piperidine rings is 1. The summed E-state index contributed by atoms with van der Waals surface area (Å²) in [4.78, 5) is 51.3. The van der Waals surface area contributed by atoms with Crippen LogP contribution in [0.2, 0.25) is 0 Å². The highest BCUT2D eigenvalue weighted by Gasteiger charge is 2.48. The second-order valence-corrected chi connectivity index (χ2v) is 7.54. The second kappa shape index (κ2) is 5.81. The fourth-order valence-corrected chi connectivity index (χ4v) is 4.61. The van der Waals surface area contributed by atoms with Gasteiger partial charge in [-0.2, -0.15) is 0 Å². The quantitative estimate of drug-likeness (QED) is 0.686. The van der Waals surface area contributed by atoms with E-state index in [-0.39, 0.29) is 36.2 Å². The molecule has 0 aromatic heterocycles. The molecule has 0 spiro atoms. The molecule has 5 rings (SSSR count). The van der Waals surface area contributed by atoms with Crippen molar-refractivity contribution in [3.8, 4) is 0 Å². The summed E-state index contributed by atoms with van der Waals surface area (Å²) in [6.07, 6.45) is 0.706. The minimum absolute atomic E-state index is 0.00426. The van der Waals surface area contributed by atoms with Gasteiger partial charge in [-0.05, 0) is 18.9 Å². The largest absolute Gasteiger partial charge is 0.363 e. The lowest BCUT2D eigenvalue weighted by molar-refractivity contribution is -0.136. The van der Waals surface area contributed by atoms with Gasteiger partial charge in [-0.3, -0.25) is 29.4 Å². The van der Waals surface area contributed by atoms with Crippen LogP contribution in [0.4, 0.5) is 14.5 Å². The molecule has 3 saturated heterocycles. The molecule has 2 bridgehead atoms. The zero-order valence-electron chi connectivity index (χ0n) is 14.6. The van der Waals surface area contributed by atoms with Crippen LogP contribution in [0.5, 0.6) is 0 Å². The number of imide groups is 2. The van der Waals surface area contributed by atoms with Crippen LogP contribution in [0.1, 0.15) is 40.0 Å². The molecule has 10 heteroatoms. The van der Waals surface area contributed by atoms with Crippen molar-refractivity contribution < 1.29 is 28.0 Å². The van der Waals surface area contributed by atoms with Crippen molar-refractivity contribution in [1.29, 1.82) is 0 Å². The Bertz CT molecular complexity index is 965. The summed E-state index contributed by atoms with van der Waals surface area (Å²) >= 11 is 0. The number of nitrogens with one attached hydrogen (secondary N) is 2. The summed E-state index contributed by atoms with van der Waals surface area (Å²) < 4.78 is 29.6. The number of fused-ring (bicyclic) bond motifs is 3. The average Bonchev–Trinajstić information content (AvgIpc) is 3.34. The van der Waals surface area contributed by atoms with Gasteiger partial charge in [0.05, 0.1) is 16.8 Å². The first-order valence-corrected chi connectivity index (χ1v) is 9.10. The Morgan fingerprint density at radius 2 is 1.86 bits per heavy atom. The van der Waals surface area contributed by atoms with E-state index >= 15 is 0 Å². The van der Waals surface area contributed by atoms with E-state index in [4.69, 9.17) is 0 Å². The molecule has 1 aromatic carbocycles. The smallest absolute Gasteiger partial charge is 0.265 e. The van der Waals surface area contributed by atoms with Crippen molar-refractivity contribution in [2.75, 3.05) is 18.0 Å². The number of anilines is 1. The molecule has 4 aliphatic rings. The molecule has 4 aliphatic heterocycles. The Kier molecular flexibility index (Phi) is 3.57. The molecule has 3 fully saturated rings. The first-order chi connectivity index (χ1) is 13.4. The third-order valence-electron chi connectivity index (χ3n) is 5.96. The van der Waals surface area contributed by atoms with E-state index in [0.717, 1.165) is 6.42 Å². The summed E-state index contributed by atoms with van der Waals surface area (Å²) in [6.45, 7) is 1.12. The van der Waals surface area contributed by atoms with E-state index in [1.165, 1.54) is 6.07 Å². The average molecular weight is 390 g/mol. The molecule has 3 atom stereocenters. The lowest BCUT2D eigenvalue weighted by Gasteiger charge is -2.30. The fourth-order valence-electron chi connectivity index (χ4n) is 4.61. The highest BCUT2D eigenvalue weighted by molar-refractivity contribution is 6.24. The number of benzene rings is 1. The standard InChI is InChI=1S/C18H16F2N4O4/c19-14-11(23-6-7-3-8(23)5-21-7)4-9-13(15(14)20)18(28)24(17(9)27)10-1-2-12(25)22-16(10)26/h4,7-8,10,21H,1-3,5-6H2,(H,22,25,26). The van der Waals surface area contributed by atoms with E-state index in [9.17, 15) is 28.0 Å². The summed E-state index contributed by atoms with van der Waals surface area (Å²) in [7, 11) is 0. The van der Waals surface area contributed by atoms with Gasteiger partial charge in [-0.1, -0.05) is 0 Å². The van der Waals surface area contributed by atoms with Crippen LogP contribution in [-0.4, -0.2) is 59.7 Å². The number of piperazine rings is 1.